The van der Waals surface area contributed by atoms with E-state index in [4.69, 9.17) is 4.74 Å². The second-order valence-corrected chi connectivity index (χ2v) is 6.08. The molecule has 1 aromatic carbocycles. The molecule has 0 radical (unpaired) electrons. The summed E-state index contributed by atoms with van der Waals surface area (Å²) in [6.07, 6.45) is 6.53. The number of carbonyl (C=O) groups excluding carboxylic acids is 1. The minimum atomic E-state index is 0.0688. The van der Waals surface area contributed by atoms with Crippen LogP contribution in [0.1, 0.15) is 23.2 Å². The van der Waals surface area contributed by atoms with Crippen LogP contribution in [0.5, 0.6) is 5.88 Å². The zero-order valence-corrected chi connectivity index (χ0v) is 13.6. The Balaban J connectivity index is 1.56. The summed E-state index contributed by atoms with van der Waals surface area (Å²) < 4.78 is 6.71. The van der Waals surface area contributed by atoms with Crippen LogP contribution in [0.4, 0.5) is 0 Å². The third-order valence-electron chi connectivity index (χ3n) is 3.63. The van der Waals surface area contributed by atoms with Crippen molar-refractivity contribution in [2.75, 3.05) is 13.1 Å². The van der Waals surface area contributed by atoms with Crippen molar-refractivity contribution >= 4 is 21.8 Å². The van der Waals surface area contributed by atoms with Crippen LogP contribution < -0.4 is 4.74 Å². The van der Waals surface area contributed by atoms with E-state index in [1.54, 1.807) is 18.6 Å². The summed E-state index contributed by atoms with van der Waals surface area (Å²) in [7, 11) is 0. The van der Waals surface area contributed by atoms with Gasteiger partial charge >= 0.3 is 0 Å². The molecule has 1 saturated heterocycles. The first-order valence-electron chi connectivity index (χ1n) is 7.20. The number of hydrogen-bond donors (Lipinski definition) is 0. The summed E-state index contributed by atoms with van der Waals surface area (Å²) in [5.41, 5.74) is 0.711. The molecular weight excluding hydrogens is 346 g/mol. The van der Waals surface area contributed by atoms with Gasteiger partial charge in [-0.2, -0.15) is 0 Å². The fraction of sp³-hybridized carbons (Fsp3) is 0.312. The van der Waals surface area contributed by atoms with Crippen LogP contribution in [0.15, 0.2) is 47.3 Å². The van der Waals surface area contributed by atoms with Crippen molar-refractivity contribution in [3.63, 3.8) is 0 Å². The first-order valence-corrected chi connectivity index (χ1v) is 7.99. The highest BCUT2D eigenvalue weighted by Crippen LogP contribution is 2.19. The zero-order chi connectivity index (χ0) is 15.4. The maximum Gasteiger partial charge on any atom is 0.253 e. The lowest BCUT2D eigenvalue weighted by atomic mass is 10.1. The molecule has 0 bridgehead atoms. The number of hydrogen-bond acceptors (Lipinski definition) is 4. The molecule has 1 aromatic heterocycles. The number of carbonyl (C=O) groups is 1. The van der Waals surface area contributed by atoms with Gasteiger partial charge in [-0.05, 0) is 18.2 Å². The van der Waals surface area contributed by atoms with Crippen LogP contribution in [0.3, 0.4) is 0 Å². The Bertz CT molecular complexity index is 643. The van der Waals surface area contributed by atoms with Gasteiger partial charge < -0.3 is 9.64 Å². The van der Waals surface area contributed by atoms with Crippen LogP contribution in [0.2, 0.25) is 0 Å². The minimum absolute atomic E-state index is 0.0688. The van der Waals surface area contributed by atoms with Crippen LogP contribution in [0.25, 0.3) is 0 Å². The molecule has 0 saturated carbocycles. The highest BCUT2D eigenvalue weighted by molar-refractivity contribution is 9.10. The van der Waals surface area contributed by atoms with E-state index >= 15 is 0 Å². The van der Waals surface area contributed by atoms with Gasteiger partial charge in [-0.25, -0.2) is 4.98 Å². The predicted octanol–water partition coefficient (Wildman–Crippen LogP) is 2.92. The normalized spacial score (nSPS) is 15.6. The summed E-state index contributed by atoms with van der Waals surface area (Å²) in [5.74, 6) is 0.610. The minimum Gasteiger partial charge on any atom is -0.473 e. The first-order chi connectivity index (χ1) is 10.7. The number of benzene rings is 1. The Hall–Kier alpha value is -1.95. The Morgan fingerprint density at radius 2 is 2.09 bits per heavy atom. The summed E-state index contributed by atoms with van der Waals surface area (Å²) in [4.78, 5) is 22.4. The molecule has 5 nitrogen and oxygen atoms in total. The summed E-state index contributed by atoms with van der Waals surface area (Å²) in [5, 5.41) is 0. The molecular formula is C16H16BrN3O2. The van der Waals surface area contributed by atoms with Crippen molar-refractivity contribution in [2.24, 2.45) is 0 Å². The van der Waals surface area contributed by atoms with E-state index in [-0.39, 0.29) is 12.0 Å². The summed E-state index contributed by atoms with van der Waals surface area (Å²) in [6.45, 7) is 1.38. The van der Waals surface area contributed by atoms with Gasteiger partial charge in [0.25, 0.3) is 5.91 Å². The summed E-state index contributed by atoms with van der Waals surface area (Å²) in [6, 6.07) is 7.48. The topological polar surface area (TPSA) is 55.3 Å². The number of aromatic nitrogens is 2. The largest absolute Gasteiger partial charge is 0.473 e. The molecule has 22 heavy (non-hydrogen) atoms. The van der Waals surface area contributed by atoms with Crippen molar-refractivity contribution in [1.29, 1.82) is 0 Å². The van der Waals surface area contributed by atoms with Crippen molar-refractivity contribution in [1.82, 2.24) is 14.9 Å². The van der Waals surface area contributed by atoms with Gasteiger partial charge in [0.1, 0.15) is 6.10 Å². The van der Waals surface area contributed by atoms with E-state index in [1.165, 1.54) is 0 Å². The number of ether oxygens (including phenoxy) is 1. The zero-order valence-electron chi connectivity index (χ0n) is 12.0. The van der Waals surface area contributed by atoms with E-state index < -0.39 is 0 Å². The van der Waals surface area contributed by atoms with E-state index in [0.717, 1.165) is 17.3 Å². The number of amides is 1. The molecule has 1 aliphatic heterocycles. The molecule has 2 heterocycles. The number of rotatable bonds is 3. The predicted molar refractivity (Wildman–Crippen MR) is 85.7 cm³/mol. The molecule has 6 heteroatoms. The average molecular weight is 362 g/mol. The summed E-state index contributed by atoms with van der Waals surface area (Å²) >= 11 is 3.40. The number of likely N-dealkylation sites (tertiary alicyclic amines) is 1. The van der Waals surface area contributed by atoms with E-state index in [0.29, 0.717) is 24.5 Å². The Kier molecular flexibility index (Phi) is 4.68. The maximum atomic E-state index is 12.5. The lowest BCUT2D eigenvalue weighted by Gasteiger charge is -2.32. The van der Waals surface area contributed by atoms with Gasteiger partial charge in [0.15, 0.2) is 0 Å². The maximum absolute atomic E-state index is 12.5. The van der Waals surface area contributed by atoms with Crippen LogP contribution in [-0.4, -0.2) is 40.0 Å². The van der Waals surface area contributed by atoms with Gasteiger partial charge in [-0.3, -0.25) is 9.78 Å². The molecule has 1 fully saturated rings. The van der Waals surface area contributed by atoms with Gasteiger partial charge in [0.05, 0.1) is 6.20 Å². The second-order valence-electron chi connectivity index (χ2n) is 5.16. The number of piperidine rings is 1. The van der Waals surface area contributed by atoms with Gasteiger partial charge in [-0.15, -0.1) is 0 Å². The van der Waals surface area contributed by atoms with E-state index in [1.807, 2.05) is 29.2 Å². The fourth-order valence-electron chi connectivity index (χ4n) is 2.50. The van der Waals surface area contributed by atoms with Crippen LogP contribution in [0, 0.1) is 0 Å². The van der Waals surface area contributed by atoms with Gasteiger partial charge in [0.2, 0.25) is 5.88 Å². The molecule has 0 N–H and O–H groups in total. The molecule has 1 amide bonds. The molecule has 0 aliphatic carbocycles. The average Bonchev–Trinajstić information content (AvgIpc) is 2.56. The Morgan fingerprint density at radius 1 is 1.27 bits per heavy atom. The molecule has 114 valence electrons. The molecule has 3 rings (SSSR count). The quantitative estimate of drug-likeness (QED) is 0.843. The van der Waals surface area contributed by atoms with Crippen molar-refractivity contribution in [2.45, 2.75) is 18.9 Å². The molecule has 2 aromatic rings. The Labute approximate surface area is 137 Å². The highest BCUT2D eigenvalue weighted by Gasteiger charge is 2.25. The highest BCUT2D eigenvalue weighted by atomic mass is 79.9. The smallest absolute Gasteiger partial charge is 0.253 e. The third-order valence-corrected chi connectivity index (χ3v) is 4.12. The lowest BCUT2D eigenvalue weighted by Crippen LogP contribution is -2.41. The van der Waals surface area contributed by atoms with Gasteiger partial charge in [-0.1, -0.05) is 22.0 Å². The van der Waals surface area contributed by atoms with Crippen molar-refractivity contribution < 1.29 is 9.53 Å². The SMILES string of the molecule is O=C(c1cccc(Br)c1)N1CCC(Oc2cnccn2)CC1. The molecule has 0 unspecified atom stereocenters. The fourth-order valence-corrected chi connectivity index (χ4v) is 2.90. The molecule has 0 atom stereocenters. The first kappa shape index (κ1) is 15.0. The molecule has 0 spiro atoms. The van der Waals surface area contributed by atoms with E-state index in [9.17, 15) is 4.79 Å². The number of nitrogens with zero attached hydrogens (tertiary/aromatic N) is 3. The standard InChI is InChI=1S/C16H16BrN3O2/c17-13-3-1-2-12(10-13)16(21)20-8-4-14(5-9-20)22-15-11-18-6-7-19-15/h1-3,6-7,10-11,14H,4-5,8-9H2. The van der Waals surface area contributed by atoms with Crippen molar-refractivity contribution in [3.8, 4) is 5.88 Å². The van der Waals surface area contributed by atoms with Gasteiger partial charge in [0, 0.05) is 48.4 Å². The van der Waals surface area contributed by atoms with E-state index in [2.05, 4.69) is 25.9 Å². The van der Waals surface area contributed by atoms with Crippen molar-refractivity contribution in [3.05, 3.63) is 52.9 Å². The number of halogens is 1. The van der Waals surface area contributed by atoms with Crippen LogP contribution in [-0.2, 0) is 0 Å². The second kappa shape index (κ2) is 6.87. The third kappa shape index (κ3) is 3.62. The lowest BCUT2D eigenvalue weighted by molar-refractivity contribution is 0.0587. The molecule has 1 aliphatic rings. The monoisotopic (exact) mass is 361 g/mol. The van der Waals surface area contributed by atoms with Crippen LogP contribution >= 0.6 is 15.9 Å². The Morgan fingerprint density at radius 3 is 2.77 bits per heavy atom.